The first-order valence-corrected chi connectivity index (χ1v) is 8.93. The molecule has 3 rings (SSSR count). The smallest absolute Gasteiger partial charge is 0.255 e. The van der Waals surface area contributed by atoms with Crippen LogP contribution >= 0.6 is 0 Å². The minimum Gasteiger partial charge on any atom is -0.385 e. The van der Waals surface area contributed by atoms with E-state index < -0.39 is 0 Å². The minimum atomic E-state index is -0.201. The Morgan fingerprint density at radius 3 is 1.67 bits per heavy atom. The summed E-state index contributed by atoms with van der Waals surface area (Å²) in [5, 5.41) is 6.15. The van der Waals surface area contributed by atoms with E-state index in [1.807, 2.05) is 24.3 Å². The van der Waals surface area contributed by atoms with Crippen LogP contribution in [0.1, 0.15) is 34.6 Å². The van der Waals surface area contributed by atoms with Crippen molar-refractivity contribution in [3.63, 3.8) is 0 Å². The highest BCUT2D eigenvalue weighted by Crippen LogP contribution is 2.23. The van der Waals surface area contributed by atoms with Crippen LogP contribution in [-0.4, -0.2) is 18.2 Å². The fourth-order valence-electron chi connectivity index (χ4n) is 2.79. The predicted octanol–water partition coefficient (Wildman–Crippen LogP) is 5.24. The molecule has 136 valence electrons. The predicted molar refractivity (Wildman–Crippen MR) is 110 cm³/mol. The van der Waals surface area contributed by atoms with E-state index in [0.717, 1.165) is 29.0 Å². The van der Waals surface area contributed by atoms with Gasteiger partial charge in [0.25, 0.3) is 5.91 Å². The molecule has 0 unspecified atom stereocenters. The summed E-state index contributed by atoms with van der Waals surface area (Å²) in [6.07, 6.45) is 0. The summed E-state index contributed by atoms with van der Waals surface area (Å²) in [6.45, 7) is 4.47. The molecule has 0 saturated heterocycles. The summed E-state index contributed by atoms with van der Waals surface area (Å²) in [6, 6.07) is 22.6. The summed E-state index contributed by atoms with van der Waals surface area (Å²) in [5.41, 5.74) is 5.14. The van der Waals surface area contributed by atoms with E-state index in [2.05, 4.69) is 41.8 Å². The molecule has 0 aromatic heterocycles. The second kappa shape index (κ2) is 8.32. The maximum absolute atomic E-state index is 12.3. The van der Waals surface area contributed by atoms with Gasteiger partial charge < -0.3 is 10.6 Å². The number of ketones is 1. The van der Waals surface area contributed by atoms with Crippen LogP contribution in [0.2, 0.25) is 0 Å². The van der Waals surface area contributed by atoms with Crippen LogP contribution in [0.3, 0.4) is 0 Å². The average molecular weight is 358 g/mol. The second-order valence-corrected chi connectivity index (χ2v) is 6.27. The fourth-order valence-corrected chi connectivity index (χ4v) is 2.79. The molecule has 1 amide bonds. The van der Waals surface area contributed by atoms with E-state index in [1.54, 1.807) is 24.3 Å². The molecule has 4 heteroatoms. The van der Waals surface area contributed by atoms with E-state index in [-0.39, 0.29) is 11.7 Å². The number of Topliss-reactive ketones (excluding diaryl/α,β-unsaturated/α-hetero) is 1. The number of hydrogen-bond donors (Lipinski definition) is 2. The molecule has 0 atom stereocenters. The number of carbonyl (C=O) groups is 2. The number of hydrogen-bond acceptors (Lipinski definition) is 3. The van der Waals surface area contributed by atoms with Gasteiger partial charge in [-0.05, 0) is 61.4 Å². The second-order valence-electron chi connectivity index (χ2n) is 6.27. The van der Waals surface area contributed by atoms with Crippen LogP contribution in [0.5, 0.6) is 0 Å². The molecular weight excluding hydrogens is 336 g/mol. The third kappa shape index (κ3) is 4.61. The quantitative estimate of drug-likeness (QED) is 0.592. The van der Waals surface area contributed by atoms with Crippen LogP contribution in [0.25, 0.3) is 11.1 Å². The molecule has 0 spiro atoms. The standard InChI is InChI=1S/C23H22N2O2/c1-3-24-21-12-8-18(9-13-21)19-10-14-22(15-11-19)25-23(27)20-6-4-17(5-7-20)16(2)26/h4-15,24H,3H2,1-2H3,(H,25,27). The van der Waals surface area contributed by atoms with Gasteiger partial charge in [-0.2, -0.15) is 0 Å². The van der Waals surface area contributed by atoms with E-state index in [4.69, 9.17) is 0 Å². The third-order valence-corrected chi connectivity index (χ3v) is 4.30. The van der Waals surface area contributed by atoms with Gasteiger partial charge in [0, 0.05) is 29.0 Å². The molecule has 0 aliphatic carbocycles. The van der Waals surface area contributed by atoms with Gasteiger partial charge in [0.2, 0.25) is 0 Å². The van der Waals surface area contributed by atoms with Crippen molar-refractivity contribution in [3.05, 3.63) is 83.9 Å². The molecule has 4 nitrogen and oxygen atoms in total. The highest BCUT2D eigenvalue weighted by atomic mass is 16.1. The number of rotatable bonds is 6. The topological polar surface area (TPSA) is 58.2 Å². The Morgan fingerprint density at radius 1 is 0.704 bits per heavy atom. The Bertz CT molecular complexity index is 928. The Balaban J connectivity index is 1.68. The molecule has 0 fully saturated rings. The van der Waals surface area contributed by atoms with Crippen LogP contribution in [0.15, 0.2) is 72.8 Å². The first-order chi connectivity index (χ1) is 13.1. The highest BCUT2D eigenvalue weighted by molar-refractivity contribution is 6.05. The Hall–Kier alpha value is -3.40. The third-order valence-electron chi connectivity index (χ3n) is 4.30. The lowest BCUT2D eigenvalue weighted by Gasteiger charge is -2.08. The minimum absolute atomic E-state index is 0.0175. The molecule has 2 N–H and O–H groups in total. The average Bonchev–Trinajstić information content (AvgIpc) is 2.69. The number of nitrogens with one attached hydrogen (secondary N) is 2. The van der Waals surface area contributed by atoms with Crippen LogP contribution < -0.4 is 10.6 Å². The molecule has 0 bridgehead atoms. The van der Waals surface area contributed by atoms with Crippen LogP contribution in [0, 0.1) is 0 Å². The van der Waals surface area contributed by atoms with Gasteiger partial charge in [-0.15, -0.1) is 0 Å². The Kier molecular flexibility index (Phi) is 5.67. The SMILES string of the molecule is CCNc1ccc(-c2ccc(NC(=O)c3ccc(C(C)=O)cc3)cc2)cc1. The molecular formula is C23H22N2O2. The highest BCUT2D eigenvalue weighted by Gasteiger charge is 2.07. The largest absolute Gasteiger partial charge is 0.385 e. The maximum atomic E-state index is 12.3. The van der Waals surface area contributed by atoms with E-state index in [0.29, 0.717) is 11.1 Å². The van der Waals surface area contributed by atoms with Gasteiger partial charge in [-0.3, -0.25) is 9.59 Å². The van der Waals surface area contributed by atoms with Gasteiger partial charge in [0.15, 0.2) is 5.78 Å². The number of anilines is 2. The summed E-state index contributed by atoms with van der Waals surface area (Å²) in [4.78, 5) is 23.7. The zero-order valence-corrected chi connectivity index (χ0v) is 15.5. The molecule has 0 radical (unpaired) electrons. The lowest BCUT2D eigenvalue weighted by atomic mass is 10.0. The van der Waals surface area contributed by atoms with Crippen molar-refractivity contribution in [1.82, 2.24) is 0 Å². The van der Waals surface area contributed by atoms with E-state index in [9.17, 15) is 9.59 Å². The Labute approximate surface area is 159 Å². The van der Waals surface area contributed by atoms with Gasteiger partial charge in [-0.1, -0.05) is 36.4 Å². The molecule has 3 aromatic carbocycles. The monoisotopic (exact) mass is 358 g/mol. The van der Waals surface area contributed by atoms with Gasteiger partial charge in [0.05, 0.1) is 0 Å². The molecule has 0 aliphatic heterocycles. The number of amides is 1. The first-order valence-electron chi connectivity index (χ1n) is 8.93. The van der Waals surface area contributed by atoms with Crippen molar-refractivity contribution in [2.75, 3.05) is 17.2 Å². The van der Waals surface area contributed by atoms with Crippen molar-refractivity contribution >= 4 is 23.1 Å². The molecule has 0 heterocycles. The lowest BCUT2D eigenvalue weighted by Crippen LogP contribution is -2.11. The van der Waals surface area contributed by atoms with Gasteiger partial charge in [0.1, 0.15) is 0 Å². The van der Waals surface area contributed by atoms with Crippen molar-refractivity contribution < 1.29 is 9.59 Å². The zero-order chi connectivity index (χ0) is 19.2. The molecule has 3 aromatic rings. The summed E-state index contributed by atoms with van der Waals surface area (Å²) >= 11 is 0. The first kappa shape index (κ1) is 18.4. The molecule has 0 aliphatic rings. The summed E-state index contributed by atoms with van der Waals surface area (Å²) < 4.78 is 0. The van der Waals surface area contributed by atoms with Crippen LogP contribution in [0.4, 0.5) is 11.4 Å². The van der Waals surface area contributed by atoms with Crippen molar-refractivity contribution in [2.45, 2.75) is 13.8 Å². The fraction of sp³-hybridized carbons (Fsp3) is 0.130. The van der Waals surface area contributed by atoms with E-state index >= 15 is 0 Å². The maximum Gasteiger partial charge on any atom is 0.255 e. The van der Waals surface area contributed by atoms with Crippen molar-refractivity contribution in [1.29, 1.82) is 0 Å². The summed E-state index contributed by atoms with van der Waals surface area (Å²) in [5.74, 6) is -0.219. The normalized spacial score (nSPS) is 10.3. The van der Waals surface area contributed by atoms with Gasteiger partial charge >= 0.3 is 0 Å². The number of benzene rings is 3. The number of carbonyl (C=O) groups excluding carboxylic acids is 2. The lowest BCUT2D eigenvalue weighted by molar-refractivity contribution is 0.101. The van der Waals surface area contributed by atoms with Gasteiger partial charge in [-0.25, -0.2) is 0 Å². The molecule has 27 heavy (non-hydrogen) atoms. The van der Waals surface area contributed by atoms with Crippen molar-refractivity contribution in [2.24, 2.45) is 0 Å². The van der Waals surface area contributed by atoms with E-state index in [1.165, 1.54) is 6.92 Å². The zero-order valence-electron chi connectivity index (χ0n) is 15.5. The van der Waals surface area contributed by atoms with Crippen LogP contribution in [-0.2, 0) is 0 Å². The Morgan fingerprint density at radius 2 is 1.19 bits per heavy atom. The molecule has 0 saturated carbocycles. The van der Waals surface area contributed by atoms with Crippen molar-refractivity contribution in [3.8, 4) is 11.1 Å². The summed E-state index contributed by atoms with van der Waals surface area (Å²) in [7, 11) is 0.